The highest BCUT2D eigenvalue weighted by Gasteiger charge is 2.17. The molecular weight excluding hydrogens is 276 g/mol. The molecule has 2 aromatic carbocycles. The van der Waals surface area contributed by atoms with E-state index in [4.69, 9.17) is 4.74 Å². The number of aromatic hydroxyl groups is 1. The van der Waals surface area contributed by atoms with Gasteiger partial charge < -0.3 is 9.84 Å². The zero-order valence-electron chi connectivity index (χ0n) is 13.5. The summed E-state index contributed by atoms with van der Waals surface area (Å²) in [5, 5.41) is 10.2. The van der Waals surface area contributed by atoms with Gasteiger partial charge in [0, 0.05) is 5.56 Å². The van der Waals surface area contributed by atoms with Gasteiger partial charge in [-0.3, -0.25) is 0 Å². The number of phenolic OH excluding ortho intramolecular Hbond substituents is 1. The van der Waals surface area contributed by atoms with Crippen molar-refractivity contribution in [2.75, 3.05) is 6.61 Å². The molecule has 0 radical (unpaired) electrons. The monoisotopic (exact) mass is 298 g/mol. The molecular formula is C19H22O3. The number of carbonyl (C=O) groups is 1. The highest BCUT2D eigenvalue weighted by molar-refractivity contribution is 5.91. The predicted octanol–water partition coefficient (Wildman–Crippen LogP) is 4.53. The summed E-state index contributed by atoms with van der Waals surface area (Å²) in [5.41, 5.74) is 3.12. The Morgan fingerprint density at radius 1 is 1.14 bits per heavy atom. The molecule has 2 aromatic rings. The van der Waals surface area contributed by atoms with E-state index in [1.54, 1.807) is 31.2 Å². The zero-order valence-corrected chi connectivity index (χ0v) is 13.5. The van der Waals surface area contributed by atoms with E-state index < -0.39 is 0 Å². The van der Waals surface area contributed by atoms with Gasteiger partial charge in [0.05, 0.1) is 12.2 Å². The number of phenols is 1. The first kappa shape index (κ1) is 16.1. The van der Waals surface area contributed by atoms with E-state index in [1.807, 2.05) is 18.2 Å². The van der Waals surface area contributed by atoms with E-state index >= 15 is 0 Å². The maximum absolute atomic E-state index is 11.9. The number of esters is 1. The van der Waals surface area contributed by atoms with Gasteiger partial charge >= 0.3 is 5.97 Å². The van der Waals surface area contributed by atoms with Crippen LogP contribution in [0.3, 0.4) is 0 Å². The Kier molecular flexibility index (Phi) is 4.55. The normalized spacial score (nSPS) is 11.3. The molecule has 116 valence electrons. The molecule has 0 spiro atoms. The second-order valence-electron chi connectivity index (χ2n) is 6.28. The minimum Gasteiger partial charge on any atom is -0.507 e. The minimum absolute atomic E-state index is 0.0127. The lowest BCUT2D eigenvalue weighted by Gasteiger charge is -2.20. The third kappa shape index (κ3) is 3.48. The summed E-state index contributed by atoms with van der Waals surface area (Å²) in [5.74, 6) is -0.148. The summed E-state index contributed by atoms with van der Waals surface area (Å²) >= 11 is 0. The molecule has 3 nitrogen and oxygen atoms in total. The lowest BCUT2D eigenvalue weighted by Crippen LogP contribution is -2.10. The Hall–Kier alpha value is -2.29. The summed E-state index contributed by atoms with van der Waals surface area (Å²) in [6.07, 6.45) is 0. The molecule has 3 heteroatoms. The first-order chi connectivity index (χ1) is 10.3. The van der Waals surface area contributed by atoms with Crippen LogP contribution in [-0.4, -0.2) is 17.7 Å². The van der Waals surface area contributed by atoms with Crippen LogP contribution >= 0.6 is 0 Å². The molecule has 0 amide bonds. The Bertz CT molecular complexity index is 681. The molecule has 0 aliphatic rings. The number of carbonyl (C=O) groups excluding carboxylic acids is 1. The van der Waals surface area contributed by atoms with Gasteiger partial charge in [0.15, 0.2) is 0 Å². The van der Waals surface area contributed by atoms with Crippen LogP contribution in [0.5, 0.6) is 5.75 Å². The highest BCUT2D eigenvalue weighted by atomic mass is 16.5. The minimum atomic E-state index is -0.351. The van der Waals surface area contributed by atoms with Crippen molar-refractivity contribution >= 4 is 5.97 Å². The Labute approximate surface area is 131 Å². The summed E-state index contributed by atoms with van der Waals surface area (Å²) in [7, 11) is 0. The van der Waals surface area contributed by atoms with Crippen molar-refractivity contribution < 1.29 is 14.6 Å². The van der Waals surface area contributed by atoms with E-state index in [2.05, 4.69) is 20.8 Å². The summed E-state index contributed by atoms with van der Waals surface area (Å²) in [6, 6.07) is 12.7. The maximum Gasteiger partial charge on any atom is 0.338 e. The van der Waals surface area contributed by atoms with Gasteiger partial charge in [-0.05, 0) is 47.7 Å². The first-order valence-electron chi connectivity index (χ1n) is 7.44. The number of ether oxygens (including phenoxy) is 1. The third-order valence-electron chi connectivity index (χ3n) is 3.55. The first-order valence-corrected chi connectivity index (χ1v) is 7.44. The quantitative estimate of drug-likeness (QED) is 0.847. The molecule has 0 saturated carbocycles. The zero-order chi connectivity index (χ0) is 16.3. The maximum atomic E-state index is 11.9. The topological polar surface area (TPSA) is 46.5 Å². The lowest BCUT2D eigenvalue weighted by atomic mass is 9.85. The van der Waals surface area contributed by atoms with Gasteiger partial charge in [0.1, 0.15) is 5.75 Å². The van der Waals surface area contributed by atoms with Gasteiger partial charge in [0.25, 0.3) is 0 Å². The summed E-state index contributed by atoms with van der Waals surface area (Å²) in [4.78, 5) is 11.9. The number of benzene rings is 2. The van der Waals surface area contributed by atoms with Crippen molar-refractivity contribution in [2.24, 2.45) is 0 Å². The number of hydrogen-bond donors (Lipinski definition) is 1. The van der Waals surface area contributed by atoms with Gasteiger partial charge in [-0.1, -0.05) is 39.0 Å². The largest absolute Gasteiger partial charge is 0.507 e. The van der Waals surface area contributed by atoms with Gasteiger partial charge in [0.2, 0.25) is 0 Å². The SMILES string of the molecule is CCOC(=O)c1cccc(-c2cc(C(C)(C)C)ccc2O)c1. The average Bonchev–Trinajstić information content (AvgIpc) is 2.47. The van der Waals surface area contributed by atoms with Crippen LogP contribution in [0, 0.1) is 0 Å². The van der Waals surface area contributed by atoms with Crippen LogP contribution in [-0.2, 0) is 10.2 Å². The molecule has 0 aliphatic carbocycles. The summed E-state index contributed by atoms with van der Waals surface area (Å²) in [6.45, 7) is 8.49. The fraction of sp³-hybridized carbons (Fsp3) is 0.316. The smallest absolute Gasteiger partial charge is 0.338 e. The van der Waals surface area contributed by atoms with Crippen LogP contribution in [0.15, 0.2) is 42.5 Å². The molecule has 0 heterocycles. The Balaban J connectivity index is 2.48. The molecule has 0 bridgehead atoms. The standard InChI is InChI=1S/C19H22O3/c1-5-22-18(21)14-8-6-7-13(11-14)16-12-15(19(2,3)4)9-10-17(16)20/h6-12,20H,5H2,1-4H3. The predicted molar refractivity (Wildman–Crippen MR) is 88.2 cm³/mol. The Morgan fingerprint density at radius 2 is 1.86 bits per heavy atom. The van der Waals surface area contributed by atoms with Gasteiger partial charge in [-0.15, -0.1) is 0 Å². The number of hydrogen-bond acceptors (Lipinski definition) is 3. The van der Waals surface area contributed by atoms with E-state index in [9.17, 15) is 9.90 Å². The van der Waals surface area contributed by atoms with Crippen molar-refractivity contribution in [1.82, 2.24) is 0 Å². The Morgan fingerprint density at radius 3 is 2.50 bits per heavy atom. The van der Waals surface area contributed by atoms with Crippen LogP contribution in [0.1, 0.15) is 43.6 Å². The van der Waals surface area contributed by atoms with Gasteiger partial charge in [-0.25, -0.2) is 4.79 Å². The van der Waals surface area contributed by atoms with E-state index in [0.29, 0.717) is 12.2 Å². The van der Waals surface area contributed by atoms with Crippen LogP contribution in [0.4, 0.5) is 0 Å². The second-order valence-corrected chi connectivity index (χ2v) is 6.28. The average molecular weight is 298 g/mol. The fourth-order valence-electron chi connectivity index (χ4n) is 2.26. The fourth-order valence-corrected chi connectivity index (χ4v) is 2.26. The van der Waals surface area contributed by atoms with Crippen LogP contribution < -0.4 is 0 Å². The molecule has 0 aliphatic heterocycles. The second kappa shape index (κ2) is 6.22. The highest BCUT2D eigenvalue weighted by Crippen LogP contribution is 2.34. The molecule has 0 unspecified atom stereocenters. The molecule has 22 heavy (non-hydrogen) atoms. The molecule has 0 saturated heterocycles. The lowest BCUT2D eigenvalue weighted by molar-refractivity contribution is 0.0526. The molecule has 0 aromatic heterocycles. The van der Waals surface area contributed by atoms with Gasteiger partial charge in [-0.2, -0.15) is 0 Å². The molecule has 0 fully saturated rings. The van der Waals surface area contributed by atoms with Crippen molar-refractivity contribution in [2.45, 2.75) is 33.1 Å². The molecule has 2 rings (SSSR count). The van der Waals surface area contributed by atoms with Crippen molar-refractivity contribution in [3.05, 3.63) is 53.6 Å². The number of rotatable bonds is 3. The third-order valence-corrected chi connectivity index (χ3v) is 3.55. The van der Waals surface area contributed by atoms with E-state index in [0.717, 1.165) is 16.7 Å². The van der Waals surface area contributed by atoms with Crippen LogP contribution in [0.25, 0.3) is 11.1 Å². The van der Waals surface area contributed by atoms with E-state index in [-0.39, 0.29) is 17.1 Å². The van der Waals surface area contributed by atoms with Crippen molar-refractivity contribution in [3.63, 3.8) is 0 Å². The molecule has 1 N–H and O–H groups in total. The van der Waals surface area contributed by atoms with E-state index in [1.165, 1.54) is 0 Å². The molecule has 0 atom stereocenters. The summed E-state index contributed by atoms with van der Waals surface area (Å²) < 4.78 is 5.03. The van der Waals surface area contributed by atoms with Crippen molar-refractivity contribution in [1.29, 1.82) is 0 Å². The van der Waals surface area contributed by atoms with Crippen LogP contribution in [0.2, 0.25) is 0 Å². The van der Waals surface area contributed by atoms with Crippen molar-refractivity contribution in [3.8, 4) is 16.9 Å².